The molecule has 8 heteroatoms. The molecule has 0 radical (unpaired) electrons. The van der Waals surface area contributed by atoms with E-state index in [1.807, 2.05) is 32.3 Å². The van der Waals surface area contributed by atoms with E-state index in [1.54, 1.807) is 18.5 Å². The van der Waals surface area contributed by atoms with E-state index < -0.39 is 0 Å². The molecule has 1 saturated heterocycles. The number of hydrogen-bond acceptors (Lipinski definition) is 5. The summed E-state index contributed by atoms with van der Waals surface area (Å²) >= 11 is 0. The molecule has 0 saturated carbocycles. The van der Waals surface area contributed by atoms with Crippen LogP contribution in [-0.4, -0.2) is 49.6 Å². The maximum atomic E-state index is 13.0. The normalized spacial score (nSPS) is 21.7. The van der Waals surface area contributed by atoms with E-state index in [9.17, 15) is 9.59 Å². The van der Waals surface area contributed by atoms with Crippen LogP contribution in [0.2, 0.25) is 0 Å². The zero-order chi connectivity index (χ0) is 18.4. The number of likely N-dealkylation sites (tertiary alicyclic amines) is 1. The van der Waals surface area contributed by atoms with Crippen LogP contribution in [0, 0.1) is 0 Å². The largest absolute Gasteiger partial charge is 0.370 e. The van der Waals surface area contributed by atoms with Gasteiger partial charge in [0.15, 0.2) is 5.43 Å². The van der Waals surface area contributed by atoms with Gasteiger partial charge in [0.1, 0.15) is 6.54 Å². The van der Waals surface area contributed by atoms with Crippen LogP contribution in [0.4, 0.5) is 0 Å². The topological polar surface area (TPSA) is 82.2 Å². The lowest BCUT2D eigenvalue weighted by atomic mass is 10.0. The van der Waals surface area contributed by atoms with Gasteiger partial charge in [-0.25, -0.2) is 4.68 Å². The minimum Gasteiger partial charge on any atom is -0.370 e. The quantitative estimate of drug-likeness (QED) is 0.676. The number of piperidine rings is 1. The summed E-state index contributed by atoms with van der Waals surface area (Å²) in [6.45, 7) is 1.93. The Labute approximate surface area is 154 Å². The Hall–Kier alpha value is -3.00. The molecule has 5 rings (SSSR count). The summed E-state index contributed by atoms with van der Waals surface area (Å²) in [6.07, 6.45) is 4.25. The van der Waals surface area contributed by atoms with E-state index in [1.165, 1.54) is 6.07 Å². The fourth-order valence-corrected chi connectivity index (χ4v) is 4.05. The molecule has 27 heavy (non-hydrogen) atoms. The molecule has 2 aliphatic heterocycles. The molecular formula is C19H19N5O3. The first-order valence-corrected chi connectivity index (χ1v) is 9.07. The summed E-state index contributed by atoms with van der Waals surface area (Å²) in [5.41, 5.74) is 1.68. The number of amides is 1. The van der Waals surface area contributed by atoms with E-state index >= 15 is 0 Å². The first kappa shape index (κ1) is 16.2. The number of ether oxygens (including phenoxy) is 1. The van der Waals surface area contributed by atoms with Crippen molar-refractivity contribution in [2.45, 2.75) is 31.7 Å². The van der Waals surface area contributed by atoms with Crippen molar-refractivity contribution in [1.29, 1.82) is 0 Å². The van der Waals surface area contributed by atoms with E-state index in [-0.39, 0.29) is 30.0 Å². The maximum Gasteiger partial charge on any atom is 0.242 e. The first-order chi connectivity index (χ1) is 13.2. The van der Waals surface area contributed by atoms with E-state index in [2.05, 4.69) is 10.3 Å². The first-order valence-electron chi connectivity index (χ1n) is 9.07. The fourth-order valence-electron chi connectivity index (χ4n) is 4.05. The van der Waals surface area contributed by atoms with Crippen molar-refractivity contribution in [2.24, 2.45) is 0 Å². The molecule has 2 aliphatic rings. The summed E-state index contributed by atoms with van der Waals surface area (Å²) in [5.74, 6) is 0.0227. The number of nitrogens with zero attached hydrogens (tertiary/aromatic N) is 5. The van der Waals surface area contributed by atoms with Gasteiger partial charge in [0, 0.05) is 30.7 Å². The molecule has 138 valence electrons. The summed E-state index contributed by atoms with van der Waals surface area (Å²) in [5, 5.41) is 8.77. The Morgan fingerprint density at radius 3 is 3.07 bits per heavy atom. The fraction of sp³-hybridized carbons (Fsp3) is 0.368. The second kappa shape index (κ2) is 6.31. The van der Waals surface area contributed by atoms with Crippen LogP contribution in [0.15, 0.2) is 47.5 Å². The van der Waals surface area contributed by atoms with Gasteiger partial charge < -0.3 is 14.2 Å². The van der Waals surface area contributed by atoms with Gasteiger partial charge in [0.05, 0.1) is 36.2 Å². The average molecular weight is 365 g/mol. The Balaban J connectivity index is 1.39. The molecule has 1 amide bonds. The highest BCUT2D eigenvalue weighted by atomic mass is 16.5. The average Bonchev–Trinajstić information content (AvgIpc) is 3.19. The minimum atomic E-state index is -0.0341. The second-order valence-electron chi connectivity index (χ2n) is 7.04. The van der Waals surface area contributed by atoms with Crippen molar-refractivity contribution in [3.8, 4) is 0 Å². The van der Waals surface area contributed by atoms with Gasteiger partial charge in [-0.2, -0.15) is 0 Å². The van der Waals surface area contributed by atoms with E-state index in [0.29, 0.717) is 25.1 Å². The highest BCUT2D eigenvalue weighted by Gasteiger charge is 2.37. The summed E-state index contributed by atoms with van der Waals surface area (Å²) in [4.78, 5) is 26.8. The molecule has 0 bridgehead atoms. The monoisotopic (exact) mass is 365 g/mol. The third-order valence-electron chi connectivity index (χ3n) is 5.47. The molecule has 3 aromatic rings. The van der Waals surface area contributed by atoms with Gasteiger partial charge in [-0.05, 0) is 18.6 Å². The molecule has 0 spiro atoms. The van der Waals surface area contributed by atoms with Gasteiger partial charge in [0.2, 0.25) is 5.91 Å². The van der Waals surface area contributed by atoms with Gasteiger partial charge in [0.25, 0.3) is 0 Å². The standard InChI is InChI=1S/C19H19N5O3/c25-17-5-7-22(15-4-2-1-3-14(15)17)11-19(26)23-8-6-18-16(10-23)24-13(12-27-18)9-20-21-24/h1-5,7,9,16,18H,6,8,10-12H2/t16-,18-/m1/s1. The Bertz CT molecular complexity index is 1070. The molecule has 2 aromatic heterocycles. The number of carbonyl (C=O) groups excluding carboxylic acids is 1. The Morgan fingerprint density at radius 1 is 1.26 bits per heavy atom. The maximum absolute atomic E-state index is 13.0. The summed E-state index contributed by atoms with van der Waals surface area (Å²) in [7, 11) is 0. The van der Waals surface area contributed by atoms with Crippen molar-refractivity contribution < 1.29 is 9.53 Å². The number of carbonyl (C=O) groups is 1. The number of benzene rings is 1. The predicted molar refractivity (Wildman–Crippen MR) is 97.0 cm³/mol. The minimum absolute atomic E-state index is 0.000267. The molecule has 0 N–H and O–H groups in total. The van der Waals surface area contributed by atoms with Crippen LogP contribution in [0.5, 0.6) is 0 Å². The molecule has 0 unspecified atom stereocenters. The van der Waals surface area contributed by atoms with Crippen LogP contribution in [0.25, 0.3) is 10.9 Å². The number of aromatic nitrogens is 4. The molecule has 2 atom stereocenters. The van der Waals surface area contributed by atoms with Crippen molar-refractivity contribution in [3.05, 3.63) is 58.6 Å². The molecule has 4 heterocycles. The number of pyridine rings is 1. The molecule has 0 aliphatic carbocycles. The number of rotatable bonds is 2. The van der Waals surface area contributed by atoms with Crippen molar-refractivity contribution in [2.75, 3.05) is 13.1 Å². The van der Waals surface area contributed by atoms with Crippen LogP contribution in [0.3, 0.4) is 0 Å². The van der Waals surface area contributed by atoms with Crippen LogP contribution in [0.1, 0.15) is 18.2 Å². The lowest BCUT2D eigenvalue weighted by molar-refractivity contribution is -0.138. The highest BCUT2D eigenvalue weighted by molar-refractivity contribution is 5.82. The van der Waals surface area contributed by atoms with Crippen molar-refractivity contribution >= 4 is 16.8 Å². The number of para-hydroxylation sites is 1. The predicted octanol–water partition coefficient (Wildman–Crippen LogP) is 0.965. The Kier molecular flexibility index (Phi) is 3.78. The third-order valence-corrected chi connectivity index (χ3v) is 5.47. The highest BCUT2D eigenvalue weighted by Crippen LogP contribution is 2.30. The second-order valence-corrected chi connectivity index (χ2v) is 7.04. The Morgan fingerprint density at radius 2 is 2.15 bits per heavy atom. The van der Waals surface area contributed by atoms with Crippen LogP contribution in [-0.2, 0) is 22.7 Å². The van der Waals surface area contributed by atoms with Crippen molar-refractivity contribution in [3.63, 3.8) is 0 Å². The number of hydrogen-bond donors (Lipinski definition) is 0. The smallest absolute Gasteiger partial charge is 0.242 e. The molecule has 1 aromatic carbocycles. The lowest BCUT2D eigenvalue weighted by Gasteiger charge is -2.41. The van der Waals surface area contributed by atoms with E-state index in [0.717, 1.165) is 17.6 Å². The van der Waals surface area contributed by atoms with Crippen molar-refractivity contribution in [1.82, 2.24) is 24.5 Å². The van der Waals surface area contributed by atoms with Gasteiger partial charge in [-0.3, -0.25) is 9.59 Å². The molecular weight excluding hydrogens is 346 g/mol. The van der Waals surface area contributed by atoms with Crippen LogP contribution >= 0.6 is 0 Å². The third kappa shape index (κ3) is 2.73. The zero-order valence-corrected chi connectivity index (χ0v) is 14.7. The molecule has 1 fully saturated rings. The molecule has 8 nitrogen and oxygen atoms in total. The lowest BCUT2D eigenvalue weighted by Crippen LogP contribution is -2.50. The summed E-state index contributed by atoms with van der Waals surface area (Å²) < 4.78 is 9.63. The van der Waals surface area contributed by atoms with Gasteiger partial charge in [-0.15, -0.1) is 5.10 Å². The number of fused-ring (bicyclic) bond motifs is 4. The van der Waals surface area contributed by atoms with Gasteiger partial charge in [-0.1, -0.05) is 17.3 Å². The SMILES string of the molecule is O=C(Cn1ccc(=O)c2ccccc21)N1CC[C@H]2OCc3cnnn3[C@@H]2C1. The van der Waals surface area contributed by atoms with Crippen LogP contribution < -0.4 is 5.43 Å². The van der Waals surface area contributed by atoms with E-state index in [4.69, 9.17) is 4.74 Å². The zero-order valence-electron chi connectivity index (χ0n) is 14.7. The van der Waals surface area contributed by atoms with Gasteiger partial charge >= 0.3 is 0 Å². The summed E-state index contributed by atoms with van der Waals surface area (Å²) in [6, 6.07) is 8.88.